The minimum absolute atomic E-state index is 0.0463. The minimum atomic E-state index is -4.39. The second-order valence-electron chi connectivity index (χ2n) is 15.2. The zero-order chi connectivity index (χ0) is 43.2. The number of nitrogens with two attached hydrogens (primary N) is 1. The van der Waals surface area contributed by atoms with Gasteiger partial charge in [0.1, 0.15) is 6.61 Å². The van der Waals surface area contributed by atoms with E-state index in [1.165, 1.54) is 77.0 Å². The highest BCUT2D eigenvalue weighted by Gasteiger charge is 2.26. The predicted octanol–water partition coefficient (Wildman–Crippen LogP) is 13.8. The first-order valence-corrected chi connectivity index (χ1v) is 24.9. The van der Waals surface area contributed by atoms with Gasteiger partial charge >= 0.3 is 19.8 Å². The van der Waals surface area contributed by atoms with Crippen molar-refractivity contribution in [1.82, 2.24) is 0 Å². The first-order valence-electron chi connectivity index (χ1n) is 23.4. The zero-order valence-electron chi connectivity index (χ0n) is 37.5. The van der Waals surface area contributed by atoms with Gasteiger partial charge in [-0.3, -0.25) is 18.6 Å². The van der Waals surface area contributed by atoms with Crippen molar-refractivity contribution in [3.05, 3.63) is 72.9 Å². The molecular weight excluding hydrogens is 762 g/mol. The Bertz CT molecular complexity index is 1190. The van der Waals surface area contributed by atoms with Crippen LogP contribution in [0.25, 0.3) is 0 Å². The SMILES string of the molecule is CC/C=C\C/C=C\C/C=C\C/C=C\C/C=C\C/C=C\CCCCCCC(=O)OC(COC(=O)CCCCCCCCCCCCCCCCC)COP(=O)(O)OCCN. The number of rotatable bonds is 43. The van der Waals surface area contributed by atoms with E-state index in [-0.39, 0.29) is 38.6 Å². The molecule has 0 aromatic rings. The topological polar surface area (TPSA) is 134 Å². The van der Waals surface area contributed by atoms with E-state index in [0.717, 1.165) is 83.5 Å². The molecule has 0 aromatic heterocycles. The van der Waals surface area contributed by atoms with E-state index in [1.807, 2.05) is 0 Å². The largest absolute Gasteiger partial charge is 0.472 e. The number of phosphoric ester groups is 1. The number of unbranched alkanes of at least 4 members (excludes halogenated alkanes) is 18. The Balaban J connectivity index is 4.18. The number of ether oxygens (including phenoxy) is 2. The molecule has 0 spiro atoms. The van der Waals surface area contributed by atoms with Crippen LogP contribution in [0.4, 0.5) is 0 Å². The highest BCUT2D eigenvalue weighted by Crippen LogP contribution is 2.43. The molecule has 9 nitrogen and oxygen atoms in total. The van der Waals surface area contributed by atoms with Gasteiger partial charge < -0.3 is 20.1 Å². The fourth-order valence-corrected chi connectivity index (χ4v) is 6.93. The summed E-state index contributed by atoms with van der Waals surface area (Å²) in [6.07, 6.45) is 55.0. The molecule has 3 N–H and O–H groups in total. The van der Waals surface area contributed by atoms with Crippen LogP contribution in [0.5, 0.6) is 0 Å². The van der Waals surface area contributed by atoms with Gasteiger partial charge in [0.25, 0.3) is 0 Å². The van der Waals surface area contributed by atoms with Gasteiger partial charge in [-0.15, -0.1) is 0 Å². The fourth-order valence-electron chi connectivity index (χ4n) is 6.17. The summed E-state index contributed by atoms with van der Waals surface area (Å²) >= 11 is 0. The molecule has 0 amide bonds. The lowest BCUT2D eigenvalue weighted by Crippen LogP contribution is -2.29. The van der Waals surface area contributed by atoms with Crippen LogP contribution in [0.2, 0.25) is 0 Å². The summed E-state index contributed by atoms with van der Waals surface area (Å²) < 4.78 is 32.8. The van der Waals surface area contributed by atoms with Crippen LogP contribution in [0.3, 0.4) is 0 Å². The normalized spacial score (nSPS) is 13.9. The Morgan fingerprint density at radius 3 is 1.39 bits per heavy atom. The molecule has 340 valence electrons. The summed E-state index contributed by atoms with van der Waals surface area (Å²) in [4.78, 5) is 34.9. The van der Waals surface area contributed by atoms with Gasteiger partial charge in [-0.25, -0.2) is 4.57 Å². The molecule has 0 rings (SSSR count). The molecule has 59 heavy (non-hydrogen) atoms. The maximum Gasteiger partial charge on any atom is 0.472 e. The van der Waals surface area contributed by atoms with Gasteiger partial charge in [0.2, 0.25) is 0 Å². The monoisotopic (exact) mass is 848 g/mol. The van der Waals surface area contributed by atoms with Crippen molar-refractivity contribution in [2.45, 2.75) is 200 Å². The second-order valence-corrected chi connectivity index (χ2v) is 16.7. The number of carbonyl (C=O) groups excluding carboxylic acids is 2. The Kier molecular flexibility index (Phi) is 43.0. The number of carbonyl (C=O) groups is 2. The Hall–Kier alpha value is -2.55. The third-order valence-corrected chi connectivity index (χ3v) is 10.6. The molecule has 0 aliphatic carbocycles. The van der Waals surface area contributed by atoms with Crippen LogP contribution in [-0.4, -0.2) is 49.3 Å². The highest BCUT2D eigenvalue weighted by atomic mass is 31.2. The quantitative estimate of drug-likeness (QED) is 0.0266. The molecule has 0 bridgehead atoms. The summed E-state index contributed by atoms with van der Waals surface area (Å²) in [5.74, 6) is -0.858. The van der Waals surface area contributed by atoms with Gasteiger partial charge in [0, 0.05) is 19.4 Å². The highest BCUT2D eigenvalue weighted by molar-refractivity contribution is 7.47. The summed E-state index contributed by atoms with van der Waals surface area (Å²) in [5.41, 5.74) is 5.35. The summed E-state index contributed by atoms with van der Waals surface area (Å²) in [6.45, 7) is 3.59. The van der Waals surface area contributed by atoms with E-state index in [4.69, 9.17) is 24.3 Å². The van der Waals surface area contributed by atoms with E-state index in [1.54, 1.807) is 0 Å². The van der Waals surface area contributed by atoms with E-state index in [9.17, 15) is 19.0 Å². The smallest absolute Gasteiger partial charge is 0.462 e. The lowest BCUT2D eigenvalue weighted by atomic mass is 10.0. The molecule has 0 saturated carbocycles. The van der Waals surface area contributed by atoms with Crippen molar-refractivity contribution in [1.29, 1.82) is 0 Å². The van der Waals surface area contributed by atoms with Gasteiger partial charge in [0.15, 0.2) is 6.10 Å². The molecule has 0 fully saturated rings. The summed E-state index contributed by atoms with van der Waals surface area (Å²) in [6, 6.07) is 0. The average molecular weight is 848 g/mol. The molecule has 0 radical (unpaired) electrons. The average Bonchev–Trinajstić information content (AvgIpc) is 3.22. The molecular formula is C49H86NO8P. The molecule has 0 aromatic carbocycles. The van der Waals surface area contributed by atoms with E-state index in [2.05, 4.69) is 86.8 Å². The van der Waals surface area contributed by atoms with Gasteiger partial charge in [-0.2, -0.15) is 0 Å². The van der Waals surface area contributed by atoms with Gasteiger partial charge in [-0.1, -0.05) is 189 Å². The fraction of sp³-hybridized carbons (Fsp3) is 0.714. The first kappa shape index (κ1) is 56.5. The third-order valence-electron chi connectivity index (χ3n) is 9.61. The van der Waals surface area contributed by atoms with Gasteiger partial charge in [0.05, 0.1) is 13.2 Å². The standard InChI is InChI=1S/C49H86NO8P/c1-3-5-7-9-11-13-15-17-19-20-21-22-23-24-25-26-28-30-32-34-36-38-40-42-49(52)58-47(46-57-59(53,54)56-44-43-50)45-55-48(51)41-39-37-35-33-31-29-27-18-16-14-12-10-8-6-4-2/h5,7,11,13,17,19,21-22,24-25,28,30,47H,3-4,6,8-10,12,14-16,18,20,23,26-27,29,31-46,50H2,1-2H3,(H,53,54)/b7-5-,13-11-,19-17-,22-21-,25-24-,30-28-. The van der Waals surface area contributed by atoms with E-state index in [0.29, 0.717) is 6.42 Å². The number of hydrogen-bond acceptors (Lipinski definition) is 8. The Morgan fingerprint density at radius 1 is 0.525 bits per heavy atom. The molecule has 10 heteroatoms. The molecule has 2 atom stereocenters. The van der Waals surface area contributed by atoms with Crippen molar-refractivity contribution in [2.75, 3.05) is 26.4 Å². The molecule has 0 aliphatic heterocycles. The van der Waals surface area contributed by atoms with Crippen molar-refractivity contribution >= 4 is 19.8 Å². The molecule has 0 saturated heterocycles. The number of phosphoric acid groups is 1. The second kappa shape index (κ2) is 45.0. The summed E-state index contributed by atoms with van der Waals surface area (Å²) in [5, 5.41) is 0. The van der Waals surface area contributed by atoms with Crippen molar-refractivity contribution in [3.8, 4) is 0 Å². The van der Waals surface area contributed by atoms with Crippen LogP contribution in [-0.2, 0) is 32.7 Å². The van der Waals surface area contributed by atoms with Crippen LogP contribution in [0, 0.1) is 0 Å². The van der Waals surface area contributed by atoms with Crippen molar-refractivity contribution in [2.24, 2.45) is 5.73 Å². The molecule has 2 unspecified atom stereocenters. The van der Waals surface area contributed by atoms with Crippen LogP contribution < -0.4 is 5.73 Å². The number of allylic oxidation sites excluding steroid dienone is 12. The summed E-state index contributed by atoms with van der Waals surface area (Å²) in [7, 11) is -4.39. The maximum atomic E-state index is 12.6. The van der Waals surface area contributed by atoms with Crippen LogP contribution >= 0.6 is 7.82 Å². The lowest BCUT2D eigenvalue weighted by molar-refractivity contribution is -0.161. The first-order chi connectivity index (χ1) is 28.8. The van der Waals surface area contributed by atoms with E-state index >= 15 is 0 Å². The zero-order valence-corrected chi connectivity index (χ0v) is 38.4. The van der Waals surface area contributed by atoms with Crippen LogP contribution in [0.1, 0.15) is 194 Å². The van der Waals surface area contributed by atoms with E-state index < -0.39 is 26.5 Å². The third kappa shape index (κ3) is 44.8. The molecule has 0 heterocycles. The number of esters is 2. The van der Waals surface area contributed by atoms with Crippen LogP contribution in [0.15, 0.2) is 72.9 Å². The predicted molar refractivity (Wildman–Crippen MR) is 247 cm³/mol. The maximum absolute atomic E-state index is 12.6. The number of hydrogen-bond donors (Lipinski definition) is 2. The molecule has 0 aliphatic rings. The minimum Gasteiger partial charge on any atom is -0.462 e. The van der Waals surface area contributed by atoms with Crippen molar-refractivity contribution < 1.29 is 37.6 Å². The lowest BCUT2D eigenvalue weighted by Gasteiger charge is -2.19. The Labute approximate surface area is 361 Å². The van der Waals surface area contributed by atoms with Gasteiger partial charge in [-0.05, 0) is 64.2 Å². The van der Waals surface area contributed by atoms with Crippen molar-refractivity contribution in [3.63, 3.8) is 0 Å². The Morgan fingerprint density at radius 2 is 0.932 bits per heavy atom.